The molecular formula is C8H10BNO. The van der Waals surface area contributed by atoms with Crippen LogP contribution in [0.25, 0.3) is 0 Å². The Bertz CT molecular complexity index is 296. The lowest BCUT2D eigenvalue weighted by Gasteiger charge is -2.01. The predicted molar refractivity (Wildman–Crippen MR) is 49.0 cm³/mol. The summed E-state index contributed by atoms with van der Waals surface area (Å²) in [7, 11) is 1.94. The molecule has 2 N–H and O–H groups in total. The number of hydrogen-bond donors (Lipinski definition) is 1. The summed E-state index contributed by atoms with van der Waals surface area (Å²) in [6, 6.07) is 5.44. The zero-order valence-corrected chi connectivity index (χ0v) is 6.72. The van der Waals surface area contributed by atoms with Gasteiger partial charge in [-0.1, -0.05) is 11.5 Å². The number of nitrogen functional groups attached to an aromatic ring is 1. The molecule has 0 fully saturated rings. The first-order chi connectivity index (χ1) is 5.11. The molecule has 1 aromatic carbocycles. The number of nitrogens with two attached hydrogens (primary N) is 1. The first-order valence-electron chi connectivity index (χ1n) is 3.48. The van der Waals surface area contributed by atoms with Gasteiger partial charge in [0.1, 0.15) is 7.85 Å². The number of rotatable bonds is 1. The maximum atomic E-state index is 10.9. The van der Waals surface area contributed by atoms with Gasteiger partial charge in [-0.3, -0.25) is 4.79 Å². The van der Waals surface area contributed by atoms with Crippen LogP contribution >= 0.6 is 0 Å². The fraction of sp³-hybridized carbons (Fsp3) is 0.125. The summed E-state index contributed by atoms with van der Waals surface area (Å²) in [6.07, 6.45) is 0. The highest BCUT2D eigenvalue weighted by Crippen LogP contribution is 2.08. The zero-order chi connectivity index (χ0) is 8.43. The Balaban J connectivity index is 3.20. The average Bonchev–Trinajstić information content (AvgIpc) is 1.85. The van der Waals surface area contributed by atoms with Gasteiger partial charge in [-0.2, -0.15) is 0 Å². The lowest BCUT2D eigenvalue weighted by molar-refractivity contribution is 0.101. The van der Waals surface area contributed by atoms with Crippen LogP contribution in [0.15, 0.2) is 18.2 Å². The number of anilines is 1. The van der Waals surface area contributed by atoms with Crippen LogP contribution in [0.2, 0.25) is 0 Å². The van der Waals surface area contributed by atoms with Crippen LogP contribution in [0, 0.1) is 0 Å². The molecule has 56 valence electrons. The molecule has 0 aliphatic carbocycles. The van der Waals surface area contributed by atoms with Crippen molar-refractivity contribution in [3.05, 3.63) is 23.8 Å². The second-order valence-electron chi connectivity index (χ2n) is 2.65. The summed E-state index contributed by atoms with van der Waals surface area (Å²) in [4.78, 5) is 10.9. The standard InChI is InChI=1S/C8H10BNO/c1-5(11)7-3-2-6(9)4-8(7)10/h2-4H,9-10H2,1H3. The van der Waals surface area contributed by atoms with Crippen LogP contribution < -0.4 is 11.2 Å². The largest absolute Gasteiger partial charge is 0.398 e. The predicted octanol–water partition coefficient (Wildman–Crippen LogP) is -0.270. The van der Waals surface area contributed by atoms with Gasteiger partial charge in [0.25, 0.3) is 0 Å². The lowest BCUT2D eigenvalue weighted by atomic mass is 9.93. The number of Topliss-reactive ketones (excluding diaryl/α,β-unsaturated/α-hetero) is 1. The van der Waals surface area contributed by atoms with E-state index < -0.39 is 0 Å². The molecule has 0 spiro atoms. The number of carbonyl (C=O) groups is 1. The molecule has 0 bridgehead atoms. The van der Waals surface area contributed by atoms with Crippen molar-refractivity contribution in [3.63, 3.8) is 0 Å². The van der Waals surface area contributed by atoms with Crippen LogP contribution in [0.4, 0.5) is 5.69 Å². The van der Waals surface area contributed by atoms with Gasteiger partial charge in [-0.25, -0.2) is 0 Å². The van der Waals surface area contributed by atoms with Crippen LogP contribution in [0.3, 0.4) is 0 Å². The Kier molecular flexibility index (Phi) is 1.99. The van der Waals surface area contributed by atoms with E-state index in [1.807, 2.05) is 13.9 Å². The maximum absolute atomic E-state index is 10.9. The Hall–Kier alpha value is -1.25. The molecule has 0 amide bonds. The normalized spacial score (nSPS) is 9.55. The summed E-state index contributed by atoms with van der Waals surface area (Å²) >= 11 is 0. The van der Waals surface area contributed by atoms with E-state index in [2.05, 4.69) is 0 Å². The molecule has 0 aliphatic rings. The molecule has 0 saturated heterocycles. The summed E-state index contributed by atoms with van der Waals surface area (Å²) in [5, 5.41) is 0. The highest BCUT2D eigenvalue weighted by molar-refractivity contribution is 6.32. The smallest absolute Gasteiger partial charge is 0.161 e. The van der Waals surface area contributed by atoms with E-state index in [9.17, 15) is 4.79 Å². The van der Waals surface area contributed by atoms with Crippen LogP contribution in [0.1, 0.15) is 17.3 Å². The third-order valence-electron chi connectivity index (χ3n) is 1.59. The average molecular weight is 147 g/mol. The van der Waals surface area contributed by atoms with Gasteiger partial charge < -0.3 is 5.73 Å². The zero-order valence-electron chi connectivity index (χ0n) is 6.72. The third-order valence-corrected chi connectivity index (χ3v) is 1.59. The minimum atomic E-state index is 0.0162. The second kappa shape index (κ2) is 2.78. The van der Waals surface area contributed by atoms with Crippen molar-refractivity contribution < 1.29 is 4.79 Å². The molecule has 0 radical (unpaired) electrons. The molecule has 0 unspecified atom stereocenters. The van der Waals surface area contributed by atoms with Crippen molar-refractivity contribution in [2.24, 2.45) is 0 Å². The van der Waals surface area contributed by atoms with E-state index in [0.29, 0.717) is 11.3 Å². The third kappa shape index (κ3) is 1.61. The van der Waals surface area contributed by atoms with Gasteiger partial charge in [0.15, 0.2) is 5.78 Å². The van der Waals surface area contributed by atoms with Gasteiger partial charge >= 0.3 is 0 Å². The van der Waals surface area contributed by atoms with E-state index in [0.717, 1.165) is 5.46 Å². The SMILES string of the molecule is Bc1ccc(C(C)=O)c(N)c1. The molecule has 11 heavy (non-hydrogen) atoms. The summed E-state index contributed by atoms with van der Waals surface area (Å²) < 4.78 is 0. The van der Waals surface area contributed by atoms with Crippen molar-refractivity contribution in [3.8, 4) is 0 Å². The summed E-state index contributed by atoms with van der Waals surface area (Å²) in [5.74, 6) is 0.0162. The molecule has 3 heteroatoms. The maximum Gasteiger partial charge on any atom is 0.161 e. The number of ketones is 1. The Morgan fingerprint density at radius 1 is 1.55 bits per heavy atom. The number of hydrogen-bond acceptors (Lipinski definition) is 2. The molecule has 0 heterocycles. The van der Waals surface area contributed by atoms with Crippen molar-refractivity contribution in [2.75, 3.05) is 5.73 Å². The van der Waals surface area contributed by atoms with E-state index in [4.69, 9.17) is 5.73 Å². The van der Waals surface area contributed by atoms with E-state index >= 15 is 0 Å². The van der Waals surface area contributed by atoms with Crippen LogP contribution in [-0.4, -0.2) is 13.6 Å². The van der Waals surface area contributed by atoms with E-state index in [1.54, 1.807) is 12.1 Å². The molecule has 1 aromatic rings. The number of carbonyl (C=O) groups excluding carboxylic acids is 1. The van der Waals surface area contributed by atoms with Gasteiger partial charge in [0, 0.05) is 11.3 Å². The molecule has 0 aliphatic heterocycles. The van der Waals surface area contributed by atoms with E-state index in [1.165, 1.54) is 6.92 Å². The highest BCUT2D eigenvalue weighted by atomic mass is 16.1. The first-order valence-corrected chi connectivity index (χ1v) is 3.48. The van der Waals surface area contributed by atoms with Crippen LogP contribution in [-0.2, 0) is 0 Å². The summed E-state index contributed by atoms with van der Waals surface area (Å²) in [5.41, 5.74) is 7.85. The molecule has 0 aromatic heterocycles. The minimum Gasteiger partial charge on any atom is -0.398 e. The fourth-order valence-electron chi connectivity index (χ4n) is 1.00. The second-order valence-corrected chi connectivity index (χ2v) is 2.65. The quantitative estimate of drug-likeness (QED) is 0.337. The van der Waals surface area contributed by atoms with Crippen molar-refractivity contribution in [2.45, 2.75) is 6.92 Å². The molecule has 2 nitrogen and oxygen atoms in total. The monoisotopic (exact) mass is 147 g/mol. The molecule has 0 saturated carbocycles. The van der Waals surface area contributed by atoms with Gasteiger partial charge in [-0.15, -0.1) is 0 Å². The van der Waals surface area contributed by atoms with Crippen molar-refractivity contribution in [1.29, 1.82) is 0 Å². The highest BCUT2D eigenvalue weighted by Gasteiger charge is 2.02. The topological polar surface area (TPSA) is 43.1 Å². The molecule has 1 rings (SSSR count). The Morgan fingerprint density at radius 3 is 2.64 bits per heavy atom. The van der Waals surface area contributed by atoms with Crippen molar-refractivity contribution >= 4 is 24.8 Å². The number of benzene rings is 1. The van der Waals surface area contributed by atoms with Gasteiger partial charge in [0.2, 0.25) is 0 Å². The lowest BCUT2D eigenvalue weighted by Crippen LogP contribution is -2.07. The van der Waals surface area contributed by atoms with Gasteiger partial charge in [0.05, 0.1) is 0 Å². The first kappa shape index (κ1) is 7.86. The molecule has 0 atom stereocenters. The Morgan fingerprint density at radius 2 is 2.18 bits per heavy atom. The molecular weight excluding hydrogens is 137 g/mol. The van der Waals surface area contributed by atoms with Crippen LogP contribution in [0.5, 0.6) is 0 Å². The fourth-order valence-corrected chi connectivity index (χ4v) is 1.00. The summed E-state index contributed by atoms with van der Waals surface area (Å²) in [6.45, 7) is 1.51. The minimum absolute atomic E-state index is 0.0162. The van der Waals surface area contributed by atoms with Crippen molar-refractivity contribution in [1.82, 2.24) is 0 Å². The van der Waals surface area contributed by atoms with Gasteiger partial charge in [-0.05, 0) is 19.1 Å². The van der Waals surface area contributed by atoms with E-state index in [-0.39, 0.29) is 5.78 Å². The Labute approximate surface area is 66.8 Å².